The van der Waals surface area contributed by atoms with E-state index in [4.69, 9.17) is 5.11 Å². The molecule has 1 aromatic rings. The number of nitrogens with one attached hydrogen (secondary N) is 1. The molecular weight excluding hydrogens is 276 g/mol. The average Bonchev–Trinajstić information content (AvgIpc) is 2.21. The summed E-state index contributed by atoms with van der Waals surface area (Å²) < 4.78 is 1.65. The number of aromatic nitrogens is 1. The maximum atomic E-state index is 11.6. The summed E-state index contributed by atoms with van der Waals surface area (Å²) in [5.74, 6) is -0.322. The van der Waals surface area contributed by atoms with E-state index in [2.05, 4.69) is 21.2 Å². The highest BCUT2D eigenvalue weighted by Crippen LogP contribution is 2.06. The summed E-state index contributed by atoms with van der Waals surface area (Å²) >= 11 is 3.08. The third-order valence-corrected chi connectivity index (χ3v) is 2.53. The van der Waals surface area contributed by atoms with Gasteiger partial charge in [-0.25, -0.2) is 0 Å². The molecule has 0 saturated carbocycles. The van der Waals surface area contributed by atoms with Crippen molar-refractivity contribution in [3.63, 3.8) is 0 Å². The van der Waals surface area contributed by atoms with Gasteiger partial charge in [-0.1, -0.05) is 0 Å². The molecule has 0 aliphatic carbocycles. The fraction of sp³-hybridized carbons (Fsp3) is 0.400. The number of aliphatic hydroxyl groups is 1. The fourth-order valence-corrected chi connectivity index (χ4v) is 1.66. The van der Waals surface area contributed by atoms with Crippen molar-refractivity contribution in [3.05, 3.63) is 32.7 Å². The van der Waals surface area contributed by atoms with E-state index in [1.165, 1.54) is 16.8 Å². The van der Waals surface area contributed by atoms with Gasteiger partial charge in [-0.05, 0) is 28.9 Å². The Morgan fingerprint density at radius 1 is 1.69 bits per heavy atom. The summed E-state index contributed by atoms with van der Waals surface area (Å²) in [6.07, 6.45) is 0.852. The minimum absolute atomic E-state index is 0.180. The molecule has 2 N–H and O–H groups in total. The van der Waals surface area contributed by atoms with Gasteiger partial charge in [0.05, 0.1) is 16.1 Å². The summed E-state index contributed by atoms with van der Waals surface area (Å²) in [5.41, 5.74) is 0.168. The van der Waals surface area contributed by atoms with Crippen molar-refractivity contribution >= 4 is 21.8 Å². The first kappa shape index (κ1) is 12.9. The first-order valence-electron chi connectivity index (χ1n) is 4.74. The Morgan fingerprint density at radius 3 is 2.81 bits per heavy atom. The SMILES string of the molecule is C[C@@H](O)CNC(=O)c1cc(Br)c(=O)n(C)c1. The first-order valence-corrected chi connectivity index (χ1v) is 5.53. The molecule has 0 aliphatic rings. The molecule has 1 amide bonds. The largest absolute Gasteiger partial charge is 0.392 e. The summed E-state index contributed by atoms with van der Waals surface area (Å²) in [5, 5.41) is 11.6. The van der Waals surface area contributed by atoms with Gasteiger partial charge in [0.25, 0.3) is 11.5 Å². The van der Waals surface area contributed by atoms with Crippen LogP contribution in [0.3, 0.4) is 0 Å². The van der Waals surface area contributed by atoms with Gasteiger partial charge in [-0.15, -0.1) is 0 Å². The summed E-state index contributed by atoms with van der Waals surface area (Å²) in [4.78, 5) is 23.0. The number of pyridine rings is 1. The van der Waals surface area contributed by atoms with Crippen LogP contribution >= 0.6 is 15.9 Å². The van der Waals surface area contributed by atoms with E-state index in [-0.39, 0.29) is 18.0 Å². The molecule has 0 aliphatic heterocycles. The minimum atomic E-state index is -0.597. The Morgan fingerprint density at radius 2 is 2.31 bits per heavy atom. The molecular formula is C10H13BrN2O3. The van der Waals surface area contributed by atoms with Gasteiger partial charge in [0, 0.05) is 19.8 Å². The van der Waals surface area contributed by atoms with Crippen molar-refractivity contribution in [2.24, 2.45) is 7.05 Å². The van der Waals surface area contributed by atoms with Gasteiger partial charge < -0.3 is 15.0 Å². The standard InChI is InChI=1S/C10H13BrN2O3/c1-6(14)4-12-9(15)7-3-8(11)10(16)13(2)5-7/h3,5-6,14H,4H2,1-2H3,(H,12,15)/t6-/m1/s1. The number of hydrogen-bond donors (Lipinski definition) is 2. The zero-order valence-electron chi connectivity index (χ0n) is 9.03. The van der Waals surface area contributed by atoms with Crippen LogP contribution in [0.1, 0.15) is 17.3 Å². The van der Waals surface area contributed by atoms with Gasteiger partial charge in [0.2, 0.25) is 0 Å². The Hall–Kier alpha value is -1.14. The summed E-state index contributed by atoms with van der Waals surface area (Å²) in [7, 11) is 1.57. The molecule has 0 aromatic carbocycles. The maximum Gasteiger partial charge on any atom is 0.264 e. The molecule has 0 spiro atoms. The van der Waals surface area contributed by atoms with Gasteiger partial charge in [0.15, 0.2) is 0 Å². The molecule has 0 bridgehead atoms. The van der Waals surface area contributed by atoms with Gasteiger partial charge >= 0.3 is 0 Å². The number of aliphatic hydroxyl groups excluding tert-OH is 1. The Balaban J connectivity index is 2.89. The first-order chi connectivity index (χ1) is 7.41. The Bertz CT molecular complexity index is 428. The average molecular weight is 289 g/mol. The third-order valence-electron chi connectivity index (χ3n) is 1.96. The van der Waals surface area contributed by atoms with E-state index in [0.29, 0.717) is 10.0 Å². The smallest absolute Gasteiger partial charge is 0.264 e. The number of hydrogen-bond acceptors (Lipinski definition) is 3. The monoisotopic (exact) mass is 288 g/mol. The molecule has 1 rings (SSSR count). The third kappa shape index (κ3) is 3.18. The maximum absolute atomic E-state index is 11.6. The summed E-state index contributed by atoms with van der Waals surface area (Å²) in [6, 6.07) is 1.46. The van der Waals surface area contributed by atoms with Crippen LogP contribution in [-0.4, -0.2) is 28.2 Å². The number of rotatable bonds is 3. The molecule has 0 unspecified atom stereocenters. The number of aryl methyl sites for hydroxylation is 1. The number of nitrogens with zero attached hydrogens (tertiary/aromatic N) is 1. The molecule has 1 heterocycles. The predicted octanol–water partition coefficient (Wildman–Crippen LogP) is 0.258. The normalized spacial score (nSPS) is 12.2. The van der Waals surface area contributed by atoms with Crippen LogP contribution in [0.5, 0.6) is 0 Å². The lowest BCUT2D eigenvalue weighted by Gasteiger charge is -2.08. The number of halogens is 1. The minimum Gasteiger partial charge on any atom is -0.392 e. The highest BCUT2D eigenvalue weighted by Gasteiger charge is 2.09. The highest BCUT2D eigenvalue weighted by molar-refractivity contribution is 9.10. The Kier molecular flexibility index (Phi) is 4.26. The van der Waals surface area contributed by atoms with Gasteiger partial charge in [-0.2, -0.15) is 0 Å². The van der Waals surface area contributed by atoms with Crippen LogP contribution in [0.2, 0.25) is 0 Å². The second-order valence-electron chi connectivity index (χ2n) is 3.55. The predicted molar refractivity (Wildman–Crippen MR) is 63.4 cm³/mol. The van der Waals surface area contributed by atoms with Gasteiger partial charge in [-0.3, -0.25) is 9.59 Å². The van der Waals surface area contributed by atoms with Gasteiger partial charge in [0.1, 0.15) is 0 Å². The van der Waals surface area contributed by atoms with Crippen LogP contribution in [0.4, 0.5) is 0 Å². The van der Waals surface area contributed by atoms with Crippen molar-refractivity contribution in [1.82, 2.24) is 9.88 Å². The molecule has 0 saturated heterocycles. The molecule has 1 atom stereocenters. The molecule has 5 nitrogen and oxygen atoms in total. The van der Waals surface area contributed by atoms with E-state index < -0.39 is 6.10 Å². The quantitative estimate of drug-likeness (QED) is 0.838. The summed E-state index contributed by atoms with van der Waals surface area (Å²) in [6.45, 7) is 1.76. The molecule has 1 aromatic heterocycles. The number of amides is 1. The second-order valence-corrected chi connectivity index (χ2v) is 4.41. The van der Waals surface area contributed by atoms with Crippen LogP contribution in [0, 0.1) is 0 Å². The van der Waals surface area contributed by atoms with Crippen molar-refractivity contribution < 1.29 is 9.90 Å². The molecule has 0 fully saturated rings. The number of carbonyl (C=O) groups is 1. The molecule has 88 valence electrons. The van der Waals surface area contributed by atoms with E-state index in [9.17, 15) is 9.59 Å². The van der Waals surface area contributed by atoms with E-state index in [1.54, 1.807) is 14.0 Å². The van der Waals surface area contributed by atoms with E-state index >= 15 is 0 Å². The van der Waals surface area contributed by atoms with Crippen molar-refractivity contribution in [2.75, 3.05) is 6.54 Å². The van der Waals surface area contributed by atoms with Crippen molar-refractivity contribution in [2.45, 2.75) is 13.0 Å². The van der Waals surface area contributed by atoms with Crippen LogP contribution in [0.15, 0.2) is 21.5 Å². The van der Waals surface area contributed by atoms with Crippen molar-refractivity contribution in [3.8, 4) is 0 Å². The zero-order chi connectivity index (χ0) is 12.3. The fourth-order valence-electron chi connectivity index (χ4n) is 1.14. The second kappa shape index (κ2) is 5.27. The lowest BCUT2D eigenvalue weighted by molar-refractivity contribution is 0.0923. The van der Waals surface area contributed by atoms with Crippen LogP contribution in [-0.2, 0) is 7.05 Å². The van der Waals surface area contributed by atoms with E-state index in [0.717, 1.165) is 0 Å². The molecule has 16 heavy (non-hydrogen) atoms. The zero-order valence-corrected chi connectivity index (χ0v) is 10.6. The van der Waals surface area contributed by atoms with Crippen LogP contribution < -0.4 is 10.9 Å². The van der Waals surface area contributed by atoms with Crippen molar-refractivity contribution in [1.29, 1.82) is 0 Å². The molecule has 0 radical (unpaired) electrons. The van der Waals surface area contributed by atoms with Crippen LogP contribution in [0.25, 0.3) is 0 Å². The number of carbonyl (C=O) groups excluding carboxylic acids is 1. The lowest BCUT2D eigenvalue weighted by atomic mass is 10.2. The lowest BCUT2D eigenvalue weighted by Crippen LogP contribution is -2.31. The Labute approximate surface area is 101 Å². The highest BCUT2D eigenvalue weighted by atomic mass is 79.9. The topological polar surface area (TPSA) is 71.3 Å². The van der Waals surface area contributed by atoms with E-state index in [1.807, 2.05) is 0 Å². The molecule has 6 heteroatoms.